The van der Waals surface area contributed by atoms with Crippen LogP contribution in [0.15, 0.2) is 0 Å². The summed E-state index contributed by atoms with van der Waals surface area (Å²) in [5.41, 5.74) is 0. The predicted octanol–water partition coefficient (Wildman–Crippen LogP) is 2.92. The molecule has 2 aliphatic rings. The van der Waals surface area contributed by atoms with Crippen LogP contribution in [0.3, 0.4) is 0 Å². The molecule has 2 unspecified atom stereocenters. The molecule has 100 valence electrons. The van der Waals surface area contributed by atoms with Crippen LogP contribution in [-0.2, 0) is 14.2 Å². The van der Waals surface area contributed by atoms with Gasteiger partial charge in [0.2, 0.25) is 0 Å². The van der Waals surface area contributed by atoms with Gasteiger partial charge in [0.1, 0.15) is 0 Å². The van der Waals surface area contributed by atoms with Crippen molar-refractivity contribution in [3.8, 4) is 0 Å². The van der Waals surface area contributed by atoms with Gasteiger partial charge in [-0.15, -0.1) is 0 Å². The molecule has 2 saturated heterocycles. The zero-order valence-electron chi connectivity index (χ0n) is 10.9. The van der Waals surface area contributed by atoms with Gasteiger partial charge in [-0.2, -0.15) is 0 Å². The van der Waals surface area contributed by atoms with E-state index in [1.807, 2.05) is 0 Å². The standard InChI is InChI=1S/C14H26O3/c1(3-7-13-11-16-13)5-9-15-10-6-2-4-8-14-12-17-14/h13-14H,1-12H2. The lowest BCUT2D eigenvalue weighted by molar-refractivity contribution is 0.125. The lowest BCUT2D eigenvalue weighted by atomic mass is 10.1. The molecule has 2 rings (SSSR count). The molecule has 0 radical (unpaired) electrons. The minimum absolute atomic E-state index is 0.603. The maximum absolute atomic E-state index is 5.62. The van der Waals surface area contributed by atoms with Crippen LogP contribution in [-0.4, -0.2) is 38.6 Å². The van der Waals surface area contributed by atoms with Crippen molar-refractivity contribution >= 4 is 0 Å². The molecule has 2 aliphatic heterocycles. The van der Waals surface area contributed by atoms with E-state index in [0.29, 0.717) is 12.2 Å². The molecule has 3 nitrogen and oxygen atoms in total. The van der Waals surface area contributed by atoms with E-state index in [0.717, 1.165) is 26.4 Å². The Morgan fingerprint density at radius 2 is 1.18 bits per heavy atom. The van der Waals surface area contributed by atoms with Crippen LogP contribution in [0, 0.1) is 0 Å². The summed E-state index contributed by atoms with van der Waals surface area (Å²) < 4.78 is 16.0. The average molecular weight is 242 g/mol. The summed E-state index contributed by atoms with van der Waals surface area (Å²) in [5, 5.41) is 0. The van der Waals surface area contributed by atoms with Crippen molar-refractivity contribution in [3.05, 3.63) is 0 Å². The molecule has 0 bridgehead atoms. The molecule has 2 atom stereocenters. The molecule has 2 heterocycles. The minimum atomic E-state index is 0.603. The van der Waals surface area contributed by atoms with Crippen molar-refractivity contribution in [2.24, 2.45) is 0 Å². The number of unbranched alkanes of at least 4 members (excludes halogenated alkanes) is 4. The van der Waals surface area contributed by atoms with Crippen LogP contribution < -0.4 is 0 Å². The molecule has 0 spiro atoms. The average Bonchev–Trinajstić information content (AvgIpc) is 3.19. The molecule has 17 heavy (non-hydrogen) atoms. The van der Waals surface area contributed by atoms with E-state index < -0.39 is 0 Å². The lowest BCUT2D eigenvalue weighted by Gasteiger charge is -2.03. The van der Waals surface area contributed by atoms with Crippen LogP contribution in [0.2, 0.25) is 0 Å². The quantitative estimate of drug-likeness (QED) is 0.390. The summed E-state index contributed by atoms with van der Waals surface area (Å²) in [6.45, 7) is 3.89. The predicted molar refractivity (Wildman–Crippen MR) is 67.2 cm³/mol. The van der Waals surface area contributed by atoms with Gasteiger partial charge in [0, 0.05) is 13.2 Å². The maximum Gasteiger partial charge on any atom is 0.0810 e. The van der Waals surface area contributed by atoms with Gasteiger partial charge in [-0.3, -0.25) is 0 Å². The Labute approximate surface area is 105 Å². The minimum Gasteiger partial charge on any atom is -0.381 e. The summed E-state index contributed by atoms with van der Waals surface area (Å²) in [6.07, 6.45) is 11.3. The van der Waals surface area contributed by atoms with E-state index in [1.54, 1.807) is 0 Å². The van der Waals surface area contributed by atoms with Crippen LogP contribution in [0.25, 0.3) is 0 Å². The van der Waals surface area contributed by atoms with E-state index >= 15 is 0 Å². The van der Waals surface area contributed by atoms with Gasteiger partial charge in [-0.05, 0) is 25.7 Å². The first-order chi connectivity index (χ1) is 8.45. The molecule has 3 heteroatoms. The Morgan fingerprint density at radius 1 is 0.706 bits per heavy atom. The molecular formula is C14H26O3. The van der Waals surface area contributed by atoms with Crippen molar-refractivity contribution < 1.29 is 14.2 Å². The highest BCUT2D eigenvalue weighted by Gasteiger charge is 2.21. The van der Waals surface area contributed by atoms with E-state index in [9.17, 15) is 0 Å². The molecule has 0 aromatic carbocycles. The summed E-state index contributed by atoms with van der Waals surface area (Å²) >= 11 is 0. The summed E-state index contributed by atoms with van der Waals surface area (Å²) in [5.74, 6) is 0. The second kappa shape index (κ2) is 8.06. The Balaban J connectivity index is 1.20. The fourth-order valence-corrected chi connectivity index (χ4v) is 2.08. The molecule has 0 amide bonds. The maximum atomic E-state index is 5.62. The fourth-order valence-electron chi connectivity index (χ4n) is 2.08. The molecule has 0 aliphatic carbocycles. The van der Waals surface area contributed by atoms with Crippen molar-refractivity contribution in [1.82, 2.24) is 0 Å². The second-order valence-corrected chi connectivity index (χ2v) is 5.22. The topological polar surface area (TPSA) is 34.3 Å². The van der Waals surface area contributed by atoms with Crippen molar-refractivity contribution in [2.45, 2.75) is 63.6 Å². The lowest BCUT2D eigenvalue weighted by Crippen LogP contribution is -1.98. The van der Waals surface area contributed by atoms with Gasteiger partial charge in [0.25, 0.3) is 0 Å². The van der Waals surface area contributed by atoms with Gasteiger partial charge in [-0.1, -0.05) is 25.7 Å². The van der Waals surface area contributed by atoms with Gasteiger partial charge >= 0.3 is 0 Å². The summed E-state index contributed by atoms with van der Waals surface area (Å²) in [6, 6.07) is 0. The Bertz CT molecular complexity index is 168. The second-order valence-electron chi connectivity index (χ2n) is 5.22. The van der Waals surface area contributed by atoms with Crippen LogP contribution >= 0.6 is 0 Å². The molecular weight excluding hydrogens is 216 g/mol. The molecule has 0 N–H and O–H groups in total. The van der Waals surface area contributed by atoms with Crippen LogP contribution in [0.1, 0.15) is 51.4 Å². The monoisotopic (exact) mass is 242 g/mol. The highest BCUT2D eigenvalue weighted by Crippen LogP contribution is 2.18. The highest BCUT2D eigenvalue weighted by atomic mass is 16.6. The number of rotatable bonds is 12. The van der Waals surface area contributed by atoms with Crippen LogP contribution in [0.4, 0.5) is 0 Å². The highest BCUT2D eigenvalue weighted by molar-refractivity contribution is 4.68. The van der Waals surface area contributed by atoms with E-state index in [1.165, 1.54) is 51.4 Å². The molecule has 0 saturated carbocycles. The van der Waals surface area contributed by atoms with E-state index in [-0.39, 0.29) is 0 Å². The number of hydrogen-bond donors (Lipinski definition) is 0. The smallest absolute Gasteiger partial charge is 0.0810 e. The first-order valence-electron chi connectivity index (χ1n) is 7.26. The summed E-state index contributed by atoms with van der Waals surface area (Å²) in [7, 11) is 0. The third-order valence-corrected chi connectivity index (χ3v) is 3.43. The Hall–Kier alpha value is -0.120. The fraction of sp³-hybridized carbons (Fsp3) is 1.00. The first-order valence-corrected chi connectivity index (χ1v) is 7.26. The van der Waals surface area contributed by atoms with Gasteiger partial charge in [0.15, 0.2) is 0 Å². The largest absolute Gasteiger partial charge is 0.381 e. The summed E-state index contributed by atoms with van der Waals surface area (Å²) in [4.78, 5) is 0. The van der Waals surface area contributed by atoms with Crippen molar-refractivity contribution in [3.63, 3.8) is 0 Å². The third kappa shape index (κ3) is 7.74. The SMILES string of the molecule is C(CCOCCCCCC1CO1)CCC1CO1. The number of hydrogen-bond acceptors (Lipinski definition) is 3. The van der Waals surface area contributed by atoms with Gasteiger partial charge in [0.05, 0.1) is 25.4 Å². The van der Waals surface area contributed by atoms with Gasteiger partial charge < -0.3 is 14.2 Å². The van der Waals surface area contributed by atoms with Gasteiger partial charge in [-0.25, -0.2) is 0 Å². The Kier molecular flexibility index (Phi) is 6.32. The van der Waals surface area contributed by atoms with Crippen LogP contribution in [0.5, 0.6) is 0 Å². The molecule has 0 aromatic rings. The van der Waals surface area contributed by atoms with Crippen molar-refractivity contribution in [2.75, 3.05) is 26.4 Å². The zero-order valence-corrected chi connectivity index (χ0v) is 10.9. The number of epoxide rings is 2. The number of ether oxygens (including phenoxy) is 3. The van der Waals surface area contributed by atoms with E-state index in [2.05, 4.69) is 0 Å². The first kappa shape index (κ1) is 13.3. The third-order valence-electron chi connectivity index (χ3n) is 3.43. The van der Waals surface area contributed by atoms with E-state index in [4.69, 9.17) is 14.2 Å². The van der Waals surface area contributed by atoms with Crippen molar-refractivity contribution in [1.29, 1.82) is 0 Å². The normalized spacial score (nSPS) is 26.1. The Morgan fingerprint density at radius 3 is 1.59 bits per heavy atom. The zero-order chi connectivity index (χ0) is 11.8. The molecule has 2 fully saturated rings. The molecule has 0 aromatic heterocycles.